The van der Waals surface area contributed by atoms with E-state index in [-0.39, 0.29) is 11.5 Å². The second-order valence-electron chi connectivity index (χ2n) is 13.3. The van der Waals surface area contributed by atoms with Crippen molar-refractivity contribution in [3.8, 4) is 34.4 Å². The third kappa shape index (κ3) is 4.72. The minimum Gasteiger partial charge on any atom is -0.337 e. The summed E-state index contributed by atoms with van der Waals surface area (Å²) in [4.78, 5) is 4.83. The van der Waals surface area contributed by atoms with Crippen LogP contribution in [0.15, 0.2) is 146 Å². The van der Waals surface area contributed by atoms with Crippen LogP contribution in [-0.4, -0.2) is 11.6 Å². The topological polar surface area (TPSA) is 54.1 Å². The summed E-state index contributed by atoms with van der Waals surface area (Å²) >= 11 is 0. The van der Waals surface area contributed by atoms with Gasteiger partial charge in [0.15, 0.2) is 0 Å². The molecule has 8 rings (SSSR count). The molecule has 5 aromatic rings. The van der Waals surface area contributed by atoms with Crippen LogP contribution in [0.5, 0.6) is 0 Å². The van der Waals surface area contributed by atoms with Gasteiger partial charge in [0.25, 0.3) is 0 Å². The van der Waals surface area contributed by atoms with E-state index in [1.807, 2.05) is 30.3 Å². The van der Waals surface area contributed by atoms with Crippen LogP contribution in [0.3, 0.4) is 0 Å². The van der Waals surface area contributed by atoms with Gasteiger partial charge in [-0.05, 0) is 97.6 Å². The Labute approximate surface area is 288 Å². The van der Waals surface area contributed by atoms with Gasteiger partial charge in [0.1, 0.15) is 0 Å². The molecule has 0 fully saturated rings. The number of allylic oxidation sites excluding steroid dienone is 3. The zero-order valence-corrected chi connectivity index (χ0v) is 27.9. The Morgan fingerprint density at radius 1 is 0.714 bits per heavy atom. The van der Waals surface area contributed by atoms with Crippen LogP contribution in [0.1, 0.15) is 54.9 Å². The van der Waals surface area contributed by atoms with Gasteiger partial charge >= 0.3 is 0 Å². The van der Waals surface area contributed by atoms with Gasteiger partial charge in [0.05, 0.1) is 28.8 Å². The van der Waals surface area contributed by atoms with Crippen molar-refractivity contribution in [1.82, 2.24) is 0 Å². The summed E-state index contributed by atoms with van der Waals surface area (Å²) < 4.78 is 0. The van der Waals surface area contributed by atoms with E-state index in [9.17, 15) is 10.5 Å². The maximum Gasteiger partial charge on any atom is 0.0998 e. The van der Waals surface area contributed by atoms with Gasteiger partial charge in [-0.15, -0.1) is 0 Å². The Morgan fingerprint density at radius 3 is 2.20 bits per heavy atom. The average molecular weight is 633 g/mol. The molecule has 5 aromatic carbocycles. The van der Waals surface area contributed by atoms with Crippen molar-refractivity contribution in [2.45, 2.75) is 44.2 Å². The Balaban J connectivity index is 1.23. The van der Waals surface area contributed by atoms with Gasteiger partial charge in [-0.3, -0.25) is 0 Å². The molecule has 49 heavy (non-hydrogen) atoms. The van der Waals surface area contributed by atoms with Gasteiger partial charge in [-0.1, -0.05) is 91.1 Å². The molecule has 2 heterocycles. The SMILES string of the molecule is C/C=C\C1c2ccccc2N(c2ccc(-c3ccc(C#N)c(-c4cc(C#N)ccc4N4c5ccccc5C5C=CC=CC54C)c3)cc2)C1C. The fourth-order valence-corrected chi connectivity index (χ4v) is 8.31. The highest BCUT2D eigenvalue weighted by Gasteiger charge is 2.47. The molecule has 4 atom stereocenters. The number of hydrogen-bond donors (Lipinski definition) is 0. The van der Waals surface area contributed by atoms with Crippen molar-refractivity contribution in [2.75, 3.05) is 9.80 Å². The predicted octanol–water partition coefficient (Wildman–Crippen LogP) is 11.1. The standard InChI is InChI=1S/C45H36N4/c1-4-11-36-30(2)48(42-15-7-5-12-37(36)42)35-22-20-32(21-23-35)33-18-19-34(29-47)39(27-33)40-26-31(28-46)17-24-44(40)49-43-16-8-6-13-38(43)41-14-9-10-25-45(41,49)3/h4-27,30,36,41H,1-3H3/b11-4-. The minimum absolute atomic E-state index is 0.177. The molecule has 4 unspecified atom stereocenters. The monoisotopic (exact) mass is 632 g/mol. The number of hydrogen-bond acceptors (Lipinski definition) is 4. The third-order valence-electron chi connectivity index (χ3n) is 10.6. The van der Waals surface area contributed by atoms with Crippen LogP contribution in [0.2, 0.25) is 0 Å². The molecule has 0 spiro atoms. The lowest BCUT2D eigenvalue weighted by Crippen LogP contribution is -2.42. The lowest BCUT2D eigenvalue weighted by atomic mass is 9.80. The first-order chi connectivity index (χ1) is 24.0. The Hall–Kier alpha value is -6.10. The number of rotatable bonds is 5. The molecular formula is C45H36N4. The van der Waals surface area contributed by atoms with Crippen LogP contribution >= 0.6 is 0 Å². The van der Waals surface area contributed by atoms with Crippen LogP contribution in [0.4, 0.5) is 22.7 Å². The van der Waals surface area contributed by atoms with Gasteiger partial charge in [-0.25, -0.2) is 0 Å². The summed E-state index contributed by atoms with van der Waals surface area (Å²) in [5.41, 5.74) is 11.7. The Kier molecular flexibility index (Phi) is 7.32. The number of benzene rings is 5. The molecule has 2 aliphatic heterocycles. The molecule has 3 aliphatic rings. The lowest BCUT2D eigenvalue weighted by Gasteiger charge is -2.40. The smallest absolute Gasteiger partial charge is 0.0998 e. The first-order valence-electron chi connectivity index (χ1n) is 16.9. The summed E-state index contributed by atoms with van der Waals surface area (Å²) in [7, 11) is 0. The molecule has 0 saturated carbocycles. The molecule has 4 nitrogen and oxygen atoms in total. The highest BCUT2D eigenvalue weighted by molar-refractivity contribution is 5.91. The van der Waals surface area contributed by atoms with Crippen molar-refractivity contribution in [2.24, 2.45) is 0 Å². The van der Waals surface area contributed by atoms with E-state index in [0.29, 0.717) is 23.1 Å². The quantitative estimate of drug-likeness (QED) is 0.181. The molecule has 1 aliphatic carbocycles. The summed E-state index contributed by atoms with van der Waals surface area (Å²) in [6, 6.07) is 43.0. The van der Waals surface area contributed by atoms with Crippen LogP contribution in [0, 0.1) is 22.7 Å². The maximum absolute atomic E-state index is 10.4. The Morgan fingerprint density at radius 2 is 1.45 bits per heavy atom. The van der Waals surface area contributed by atoms with Crippen molar-refractivity contribution in [1.29, 1.82) is 10.5 Å². The fourth-order valence-electron chi connectivity index (χ4n) is 8.31. The number of anilines is 4. The van der Waals surface area contributed by atoms with E-state index in [1.165, 1.54) is 16.8 Å². The van der Waals surface area contributed by atoms with E-state index < -0.39 is 0 Å². The van der Waals surface area contributed by atoms with E-state index >= 15 is 0 Å². The fraction of sp³-hybridized carbons (Fsp3) is 0.156. The second-order valence-corrected chi connectivity index (χ2v) is 13.3. The molecule has 0 aromatic heterocycles. The van der Waals surface area contributed by atoms with E-state index in [4.69, 9.17) is 0 Å². The van der Waals surface area contributed by atoms with Crippen molar-refractivity contribution in [3.63, 3.8) is 0 Å². The normalized spacial score (nSPS) is 21.7. The maximum atomic E-state index is 10.4. The molecule has 0 saturated heterocycles. The Bertz CT molecular complexity index is 2280. The van der Waals surface area contributed by atoms with Gasteiger partial charge in [0, 0.05) is 51.8 Å². The predicted molar refractivity (Wildman–Crippen MR) is 200 cm³/mol. The summed E-state index contributed by atoms with van der Waals surface area (Å²) in [5, 5.41) is 20.4. The number of fused-ring (bicyclic) bond motifs is 4. The summed E-state index contributed by atoms with van der Waals surface area (Å²) in [6.45, 7) is 6.64. The van der Waals surface area contributed by atoms with Crippen LogP contribution in [0.25, 0.3) is 22.3 Å². The molecule has 236 valence electrons. The molecular weight excluding hydrogens is 597 g/mol. The molecule has 4 heteroatoms. The van der Waals surface area contributed by atoms with E-state index in [0.717, 1.165) is 39.3 Å². The average Bonchev–Trinajstić information content (AvgIpc) is 3.58. The largest absolute Gasteiger partial charge is 0.337 e. The highest BCUT2D eigenvalue weighted by Crippen LogP contribution is 2.55. The zero-order chi connectivity index (χ0) is 33.7. The highest BCUT2D eigenvalue weighted by atomic mass is 15.2. The van der Waals surface area contributed by atoms with Gasteiger partial charge < -0.3 is 9.80 Å². The molecule has 0 bridgehead atoms. The number of nitrogens with zero attached hydrogens (tertiary/aromatic N) is 4. The third-order valence-corrected chi connectivity index (χ3v) is 10.6. The molecule has 0 N–H and O–H groups in total. The van der Waals surface area contributed by atoms with Crippen molar-refractivity contribution < 1.29 is 0 Å². The van der Waals surface area contributed by atoms with E-state index in [1.54, 1.807) is 0 Å². The summed E-state index contributed by atoms with van der Waals surface area (Å²) in [6.07, 6.45) is 13.2. The van der Waals surface area contributed by atoms with Crippen LogP contribution < -0.4 is 9.80 Å². The molecule has 0 amide bonds. The van der Waals surface area contributed by atoms with Crippen LogP contribution in [-0.2, 0) is 0 Å². The van der Waals surface area contributed by atoms with E-state index in [2.05, 4.69) is 158 Å². The zero-order valence-electron chi connectivity index (χ0n) is 27.9. The lowest BCUT2D eigenvalue weighted by molar-refractivity contribution is 0.542. The number of nitriles is 2. The summed E-state index contributed by atoms with van der Waals surface area (Å²) in [5.74, 6) is 0.511. The molecule has 0 radical (unpaired) electrons. The first-order valence-corrected chi connectivity index (χ1v) is 16.9. The number of para-hydroxylation sites is 2. The van der Waals surface area contributed by atoms with Gasteiger partial charge in [0.2, 0.25) is 0 Å². The van der Waals surface area contributed by atoms with Crippen molar-refractivity contribution in [3.05, 3.63) is 168 Å². The minimum atomic E-state index is -0.348. The first kappa shape index (κ1) is 30.2. The van der Waals surface area contributed by atoms with Crippen molar-refractivity contribution >= 4 is 22.7 Å². The van der Waals surface area contributed by atoms with Gasteiger partial charge in [-0.2, -0.15) is 10.5 Å². The second kappa shape index (κ2) is 11.9.